The van der Waals surface area contributed by atoms with Crippen LogP contribution in [0.5, 0.6) is 0 Å². The summed E-state index contributed by atoms with van der Waals surface area (Å²) in [5.41, 5.74) is -0.612. The standard InChI is InChI=1S/C12H22N2O2/c1-10(11(15)13-6-3-4-7-13)14-8-5-12(2,16)9-14/h10,16H,3-9H2,1-2H3. The summed E-state index contributed by atoms with van der Waals surface area (Å²) in [4.78, 5) is 16.2. The van der Waals surface area contributed by atoms with Crippen LogP contribution in [-0.2, 0) is 4.79 Å². The molecule has 2 saturated heterocycles. The van der Waals surface area contributed by atoms with E-state index in [-0.39, 0.29) is 11.9 Å². The van der Waals surface area contributed by atoms with Gasteiger partial charge in [0.1, 0.15) is 0 Å². The number of hydrogen-bond acceptors (Lipinski definition) is 3. The first-order valence-electron chi connectivity index (χ1n) is 6.25. The number of amides is 1. The maximum absolute atomic E-state index is 12.1. The molecular formula is C12H22N2O2. The van der Waals surface area contributed by atoms with Crippen LogP contribution in [0.2, 0.25) is 0 Å². The molecule has 0 saturated carbocycles. The minimum absolute atomic E-state index is 0.0768. The van der Waals surface area contributed by atoms with Gasteiger partial charge in [0.2, 0.25) is 5.91 Å². The van der Waals surface area contributed by atoms with Gasteiger partial charge in [-0.3, -0.25) is 9.69 Å². The van der Waals surface area contributed by atoms with Gasteiger partial charge in [-0.2, -0.15) is 0 Å². The molecule has 0 spiro atoms. The van der Waals surface area contributed by atoms with E-state index in [1.54, 1.807) is 0 Å². The van der Waals surface area contributed by atoms with Gasteiger partial charge in [0.25, 0.3) is 0 Å². The number of aliphatic hydroxyl groups is 1. The average molecular weight is 226 g/mol. The fraction of sp³-hybridized carbons (Fsp3) is 0.917. The number of β-amino-alcohol motifs (C(OH)–C–C–N with tert-alkyl or cyclic N) is 1. The Balaban J connectivity index is 1.92. The van der Waals surface area contributed by atoms with Gasteiger partial charge in [0.15, 0.2) is 0 Å². The Morgan fingerprint density at radius 3 is 2.44 bits per heavy atom. The van der Waals surface area contributed by atoms with Gasteiger partial charge in [-0.05, 0) is 33.1 Å². The smallest absolute Gasteiger partial charge is 0.239 e. The molecule has 2 heterocycles. The monoisotopic (exact) mass is 226 g/mol. The second-order valence-corrected chi connectivity index (χ2v) is 5.43. The van der Waals surface area contributed by atoms with Crippen LogP contribution in [0.15, 0.2) is 0 Å². The van der Waals surface area contributed by atoms with Crippen molar-refractivity contribution < 1.29 is 9.90 Å². The van der Waals surface area contributed by atoms with E-state index in [1.165, 1.54) is 0 Å². The van der Waals surface area contributed by atoms with E-state index >= 15 is 0 Å². The molecule has 4 heteroatoms. The SMILES string of the molecule is CC(C(=O)N1CCCC1)N1CCC(C)(O)C1. The molecule has 2 aliphatic rings. The summed E-state index contributed by atoms with van der Waals surface area (Å²) in [7, 11) is 0. The van der Waals surface area contributed by atoms with Crippen molar-refractivity contribution in [1.29, 1.82) is 0 Å². The van der Waals surface area contributed by atoms with Crippen LogP contribution < -0.4 is 0 Å². The highest BCUT2D eigenvalue weighted by Crippen LogP contribution is 2.23. The zero-order valence-electron chi connectivity index (χ0n) is 10.3. The molecule has 1 N–H and O–H groups in total. The largest absolute Gasteiger partial charge is 0.389 e. The third-order valence-corrected chi connectivity index (χ3v) is 3.80. The molecule has 0 aromatic carbocycles. The Morgan fingerprint density at radius 2 is 1.94 bits per heavy atom. The summed E-state index contributed by atoms with van der Waals surface area (Å²) in [6, 6.07) is -0.0768. The zero-order valence-corrected chi connectivity index (χ0v) is 10.3. The molecule has 2 rings (SSSR count). The van der Waals surface area contributed by atoms with E-state index in [9.17, 15) is 9.90 Å². The number of hydrogen-bond donors (Lipinski definition) is 1. The lowest BCUT2D eigenvalue weighted by Gasteiger charge is -2.28. The minimum atomic E-state index is -0.612. The molecule has 2 unspecified atom stereocenters. The average Bonchev–Trinajstić information content (AvgIpc) is 2.84. The van der Waals surface area contributed by atoms with Crippen molar-refractivity contribution in [2.24, 2.45) is 0 Å². The highest BCUT2D eigenvalue weighted by molar-refractivity contribution is 5.81. The molecular weight excluding hydrogens is 204 g/mol. The molecule has 1 amide bonds. The van der Waals surface area contributed by atoms with Crippen LogP contribution in [-0.4, -0.2) is 58.6 Å². The highest BCUT2D eigenvalue weighted by Gasteiger charge is 2.37. The number of nitrogens with zero attached hydrogens (tertiary/aromatic N) is 2. The second kappa shape index (κ2) is 4.34. The van der Waals surface area contributed by atoms with E-state index in [2.05, 4.69) is 4.90 Å². The van der Waals surface area contributed by atoms with Crippen LogP contribution in [0.4, 0.5) is 0 Å². The van der Waals surface area contributed by atoms with Crippen LogP contribution >= 0.6 is 0 Å². The molecule has 92 valence electrons. The predicted molar refractivity (Wildman–Crippen MR) is 62.1 cm³/mol. The minimum Gasteiger partial charge on any atom is -0.389 e. The van der Waals surface area contributed by atoms with E-state index in [0.717, 1.165) is 38.9 Å². The second-order valence-electron chi connectivity index (χ2n) is 5.43. The Kier molecular flexibility index (Phi) is 3.22. The maximum Gasteiger partial charge on any atom is 0.239 e. The van der Waals surface area contributed by atoms with Crippen molar-refractivity contribution in [1.82, 2.24) is 9.80 Å². The quantitative estimate of drug-likeness (QED) is 0.743. The first kappa shape index (κ1) is 11.9. The molecule has 2 fully saturated rings. The first-order chi connectivity index (χ1) is 7.49. The fourth-order valence-corrected chi connectivity index (χ4v) is 2.67. The Labute approximate surface area is 97.2 Å². The summed E-state index contributed by atoms with van der Waals surface area (Å²) in [6.45, 7) is 7.07. The normalized spacial score (nSPS) is 33.3. The van der Waals surface area contributed by atoms with Crippen molar-refractivity contribution in [2.75, 3.05) is 26.2 Å². The number of carbonyl (C=O) groups excluding carboxylic acids is 1. The van der Waals surface area contributed by atoms with E-state index in [1.807, 2.05) is 18.7 Å². The van der Waals surface area contributed by atoms with Gasteiger partial charge in [0.05, 0.1) is 11.6 Å². The molecule has 0 aromatic rings. The Morgan fingerprint density at radius 1 is 1.31 bits per heavy atom. The van der Waals surface area contributed by atoms with E-state index in [0.29, 0.717) is 6.54 Å². The topological polar surface area (TPSA) is 43.8 Å². The van der Waals surface area contributed by atoms with Gasteiger partial charge in [0, 0.05) is 26.2 Å². The van der Waals surface area contributed by atoms with E-state index in [4.69, 9.17) is 0 Å². The summed E-state index contributed by atoms with van der Waals surface area (Å²) >= 11 is 0. The zero-order chi connectivity index (χ0) is 11.8. The predicted octanol–water partition coefficient (Wildman–Crippen LogP) is 0.454. The molecule has 0 radical (unpaired) electrons. The van der Waals surface area contributed by atoms with Crippen LogP contribution in [0.25, 0.3) is 0 Å². The summed E-state index contributed by atoms with van der Waals surface area (Å²) in [6.07, 6.45) is 3.04. The molecule has 0 aliphatic carbocycles. The molecule has 2 aliphatic heterocycles. The number of carbonyl (C=O) groups is 1. The van der Waals surface area contributed by atoms with Crippen LogP contribution in [0.1, 0.15) is 33.1 Å². The summed E-state index contributed by atoms with van der Waals surface area (Å²) in [5, 5.41) is 9.89. The molecule has 0 aromatic heterocycles. The maximum atomic E-state index is 12.1. The third kappa shape index (κ3) is 2.38. The van der Waals surface area contributed by atoms with Crippen molar-refractivity contribution in [3.8, 4) is 0 Å². The van der Waals surface area contributed by atoms with Crippen molar-refractivity contribution in [3.05, 3.63) is 0 Å². The first-order valence-corrected chi connectivity index (χ1v) is 6.25. The third-order valence-electron chi connectivity index (χ3n) is 3.80. The lowest BCUT2D eigenvalue weighted by Crippen LogP contribution is -2.46. The molecule has 2 atom stereocenters. The highest BCUT2D eigenvalue weighted by atomic mass is 16.3. The van der Waals surface area contributed by atoms with Crippen LogP contribution in [0, 0.1) is 0 Å². The van der Waals surface area contributed by atoms with Crippen molar-refractivity contribution >= 4 is 5.91 Å². The Hall–Kier alpha value is -0.610. The molecule has 4 nitrogen and oxygen atoms in total. The molecule has 16 heavy (non-hydrogen) atoms. The lowest BCUT2D eigenvalue weighted by atomic mass is 10.1. The molecule has 0 bridgehead atoms. The summed E-state index contributed by atoms with van der Waals surface area (Å²) in [5.74, 6) is 0.232. The lowest BCUT2D eigenvalue weighted by molar-refractivity contribution is -0.135. The Bertz CT molecular complexity index is 272. The summed E-state index contributed by atoms with van der Waals surface area (Å²) < 4.78 is 0. The number of likely N-dealkylation sites (tertiary alicyclic amines) is 2. The van der Waals surface area contributed by atoms with Crippen molar-refractivity contribution in [2.45, 2.75) is 44.8 Å². The van der Waals surface area contributed by atoms with E-state index < -0.39 is 5.60 Å². The van der Waals surface area contributed by atoms with Crippen LogP contribution in [0.3, 0.4) is 0 Å². The van der Waals surface area contributed by atoms with Gasteiger partial charge in [-0.15, -0.1) is 0 Å². The van der Waals surface area contributed by atoms with Crippen molar-refractivity contribution in [3.63, 3.8) is 0 Å². The van der Waals surface area contributed by atoms with Gasteiger partial charge < -0.3 is 10.0 Å². The fourth-order valence-electron chi connectivity index (χ4n) is 2.67. The number of rotatable bonds is 2. The van der Waals surface area contributed by atoms with Gasteiger partial charge in [-0.1, -0.05) is 0 Å². The van der Waals surface area contributed by atoms with Gasteiger partial charge in [-0.25, -0.2) is 0 Å². The van der Waals surface area contributed by atoms with Gasteiger partial charge >= 0.3 is 0 Å².